The van der Waals surface area contributed by atoms with Crippen LogP contribution in [0, 0.1) is 11.8 Å². The van der Waals surface area contributed by atoms with Crippen molar-refractivity contribution in [2.75, 3.05) is 25.0 Å². The Morgan fingerprint density at radius 1 is 1.03 bits per heavy atom. The van der Waals surface area contributed by atoms with Crippen molar-refractivity contribution < 1.29 is 19.5 Å². The average molecular weight is 515 g/mol. The number of para-hydroxylation sites is 2. The summed E-state index contributed by atoms with van der Waals surface area (Å²) >= 11 is 0. The first-order valence-corrected chi connectivity index (χ1v) is 13.7. The quantitative estimate of drug-likeness (QED) is 0.515. The fraction of sp³-hybridized carbons (Fsp3) is 0.433. The van der Waals surface area contributed by atoms with Gasteiger partial charge in [0.05, 0.1) is 22.9 Å². The number of fused-ring (bicyclic) bond motifs is 6. The predicted octanol–water partition coefficient (Wildman–Crippen LogP) is 4.19. The van der Waals surface area contributed by atoms with Gasteiger partial charge in [-0.2, -0.15) is 0 Å². The zero-order valence-electron chi connectivity index (χ0n) is 21.7. The SMILES string of the molecule is CN1c2ccccc2C(=O)N2CCc3c(n(CCC(=O)NCC4CCC(C(=O)O)CC4)c4ccccc34)C21. The molecule has 2 aliphatic heterocycles. The maximum atomic E-state index is 13.5. The Morgan fingerprint density at radius 2 is 1.76 bits per heavy atom. The number of aromatic nitrogens is 1. The molecule has 0 bridgehead atoms. The van der Waals surface area contributed by atoms with E-state index in [1.54, 1.807) is 0 Å². The van der Waals surface area contributed by atoms with Crippen LogP contribution in [0.25, 0.3) is 10.9 Å². The number of carboxylic acid groups (broad SMARTS) is 1. The van der Waals surface area contributed by atoms with E-state index in [9.17, 15) is 19.5 Å². The molecule has 1 unspecified atom stereocenters. The summed E-state index contributed by atoms with van der Waals surface area (Å²) in [5.74, 6) is -0.552. The van der Waals surface area contributed by atoms with Gasteiger partial charge in [0.1, 0.15) is 6.17 Å². The lowest BCUT2D eigenvalue weighted by Gasteiger charge is -2.46. The molecule has 1 aromatic heterocycles. The maximum Gasteiger partial charge on any atom is 0.306 e. The number of nitrogens with one attached hydrogen (secondary N) is 1. The minimum atomic E-state index is -0.706. The summed E-state index contributed by atoms with van der Waals surface area (Å²) in [4.78, 5) is 41.8. The van der Waals surface area contributed by atoms with Crippen LogP contribution in [-0.4, -0.2) is 52.5 Å². The van der Waals surface area contributed by atoms with Gasteiger partial charge in [-0.1, -0.05) is 30.3 Å². The number of carbonyl (C=O) groups is 3. The number of aryl methyl sites for hydroxylation is 1. The van der Waals surface area contributed by atoms with Crippen molar-refractivity contribution >= 4 is 34.4 Å². The molecule has 1 aliphatic carbocycles. The Hall–Kier alpha value is -3.81. The Labute approximate surface area is 222 Å². The van der Waals surface area contributed by atoms with Gasteiger partial charge in [0.25, 0.3) is 5.91 Å². The van der Waals surface area contributed by atoms with Gasteiger partial charge in [-0.15, -0.1) is 0 Å². The van der Waals surface area contributed by atoms with Crippen LogP contribution >= 0.6 is 0 Å². The number of amides is 2. The average Bonchev–Trinajstić information content (AvgIpc) is 3.27. The standard InChI is InChI=1S/C30H34N4O4/c1-32-24-8-4-3-7-23(24)29(36)34-16-14-22-21-6-2-5-9-25(21)33(27(22)28(32)34)17-15-26(35)31-18-19-10-12-20(13-11-19)30(37)38/h2-9,19-20,28H,10-18H2,1H3,(H,31,35)(H,37,38). The second-order valence-electron chi connectivity index (χ2n) is 10.9. The van der Waals surface area contributed by atoms with E-state index in [4.69, 9.17) is 0 Å². The van der Waals surface area contributed by atoms with Crippen molar-refractivity contribution in [2.45, 2.75) is 51.2 Å². The molecule has 8 nitrogen and oxygen atoms in total. The lowest BCUT2D eigenvalue weighted by molar-refractivity contribution is -0.143. The minimum absolute atomic E-state index is 0.00276. The predicted molar refractivity (Wildman–Crippen MR) is 145 cm³/mol. The molecular formula is C30H34N4O4. The van der Waals surface area contributed by atoms with E-state index in [0.29, 0.717) is 44.8 Å². The van der Waals surface area contributed by atoms with Gasteiger partial charge in [0.2, 0.25) is 5.91 Å². The van der Waals surface area contributed by atoms with E-state index in [1.165, 1.54) is 10.9 Å². The summed E-state index contributed by atoms with van der Waals surface area (Å²) in [6, 6.07) is 16.1. The van der Waals surface area contributed by atoms with Crippen molar-refractivity contribution in [1.82, 2.24) is 14.8 Å². The van der Waals surface area contributed by atoms with Crippen LogP contribution in [0.3, 0.4) is 0 Å². The number of nitrogens with zero attached hydrogens (tertiary/aromatic N) is 3. The summed E-state index contributed by atoms with van der Waals surface area (Å²) in [5.41, 5.74) is 5.12. The van der Waals surface area contributed by atoms with Crippen LogP contribution in [-0.2, 0) is 22.6 Å². The second-order valence-corrected chi connectivity index (χ2v) is 10.9. The fourth-order valence-electron chi connectivity index (χ4n) is 6.72. The van der Waals surface area contributed by atoms with Crippen LogP contribution in [0.15, 0.2) is 48.5 Å². The third-order valence-corrected chi connectivity index (χ3v) is 8.75. The molecule has 2 N–H and O–H groups in total. The molecule has 2 aromatic carbocycles. The summed E-state index contributed by atoms with van der Waals surface area (Å²) in [6.07, 6.45) is 3.96. The molecular weight excluding hydrogens is 480 g/mol. The van der Waals surface area contributed by atoms with Crippen LogP contribution in [0.2, 0.25) is 0 Å². The number of aliphatic carboxylic acids is 1. The first-order valence-electron chi connectivity index (χ1n) is 13.7. The van der Waals surface area contributed by atoms with Crippen molar-refractivity contribution in [2.24, 2.45) is 11.8 Å². The van der Waals surface area contributed by atoms with Gasteiger partial charge in [-0.3, -0.25) is 14.4 Å². The Kier molecular flexibility index (Phi) is 6.33. The van der Waals surface area contributed by atoms with Gasteiger partial charge >= 0.3 is 5.97 Å². The lowest BCUT2D eigenvalue weighted by atomic mass is 9.82. The highest BCUT2D eigenvalue weighted by atomic mass is 16.4. The third-order valence-electron chi connectivity index (χ3n) is 8.75. The molecule has 198 valence electrons. The molecule has 6 rings (SSSR count). The van der Waals surface area contributed by atoms with Gasteiger partial charge in [-0.25, -0.2) is 0 Å². The molecule has 38 heavy (non-hydrogen) atoms. The largest absolute Gasteiger partial charge is 0.481 e. The Balaban J connectivity index is 1.23. The molecule has 0 saturated heterocycles. The lowest BCUT2D eigenvalue weighted by Crippen LogP contribution is -2.51. The Bertz CT molecular complexity index is 1400. The monoisotopic (exact) mass is 514 g/mol. The van der Waals surface area contributed by atoms with E-state index in [2.05, 4.69) is 33.0 Å². The topological polar surface area (TPSA) is 94.9 Å². The molecule has 0 spiro atoms. The van der Waals surface area contributed by atoms with Crippen LogP contribution < -0.4 is 10.2 Å². The molecule has 3 aromatic rings. The van der Waals surface area contributed by atoms with Gasteiger partial charge in [0.15, 0.2) is 0 Å². The van der Waals surface area contributed by atoms with Crippen molar-refractivity contribution in [1.29, 1.82) is 0 Å². The highest BCUT2D eigenvalue weighted by Crippen LogP contribution is 2.44. The maximum absolute atomic E-state index is 13.5. The van der Waals surface area contributed by atoms with Crippen LogP contribution in [0.1, 0.15) is 59.9 Å². The van der Waals surface area contributed by atoms with Gasteiger partial charge in [-0.05, 0) is 61.8 Å². The van der Waals surface area contributed by atoms with E-state index in [1.807, 2.05) is 42.3 Å². The first-order chi connectivity index (χ1) is 18.4. The fourth-order valence-corrected chi connectivity index (χ4v) is 6.72. The Morgan fingerprint density at radius 3 is 2.55 bits per heavy atom. The van der Waals surface area contributed by atoms with E-state index < -0.39 is 5.97 Å². The molecule has 0 radical (unpaired) electrons. The number of hydrogen-bond acceptors (Lipinski definition) is 4. The zero-order chi connectivity index (χ0) is 26.4. The number of rotatable bonds is 6. The van der Waals surface area contributed by atoms with E-state index in [0.717, 1.165) is 41.7 Å². The molecule has 8 heteroatoms. The molecule has 1 atom stereocenters. The summed E-state index contributed by atoms with van der Waals surface area (Å²) in [6.45, 7) is 1.79. The first kappa shape index (κ1) is 24.5. The summed E-state index contributed by atoms with van der Waals surface area (Å²) in [7, 11) is 2.05. The summed E-state index contributed by atoms with van der Waals surface area (Å²) in [5, 5.41) is 13.5. The van der Waals surface area contributed by atoms with Crippen molar-refractivity contribution in [3.05, 3.63) is 65.4 Å². The second kappa shape index (κ2) is 9.82. The molecule has 2 amide bonds. The number of benzene rings is 2. The molecule has 1 fully saturated rings. The molecule has 3 heterocycles. The number of hydrogen-bond donors (Lipinski definition) is 2. The highest BCUT2D eigenvalue weighted by molar-refractivity contribution is 6.02. The van der Waals surface area contributed by atoms with Gasteiger partial charge in [0, 0.05) is 44.0 Å². The van der Waals surface area contributed by atoms with E-state index in [-0.39, 0.29) is 23.9 Å². The van der Waals surface area contributed by atoms with Crippen LogP contribution in [0.5, 0.6) is 0 Å². The minimum Gasteiger partial charge on any atom is -0.481 e. The molecule has 1 saturated carbocycles. The molecule has 3 aliphatic rings. The third kappa shape index (κ3) is 4.12. The normalized spacial score (nSPS) is 22.6. The zero-order valence-corrected chi connectivity index (χ0v) is 21.7. The number of carboxylic acids is 1. The van der Waals surface area contributed by atoms with Crippen LogP contribution in [0.4, 0.5) is 5.69 Å². The van der Waals surface area contributed by atoms with Crippen molar-refractivity contribution in [3.63, 3.8) is 0 Å². The number of anilines is 1. The highest BCUT2D eigenvalue weighted by Gasteiger charge is 2.42. The van der Waals surface area contributed by atoms with Crippen molar-refractivity contribution in [3.8, 4) is 0 Å². The van der Waals surface area contributed by atoms with Gasteiger partial charge < -0.3 is 24.8 Å². The number of carbonyl (C=O) groups excluding carboxylic acids is 2. The summed E-state index contributed by atoms with van der Waals surface area (Å²) < 4.78 is 2.25. The van der Waals surface area contributed by atoms with E-state index >= 15 is 0 Å². The smallest absolute Gasteiger partial charge is 0.306 e.